The fourth-order valence-corrected chi connectivity index (χ4v) is 1.56. The Kier molecular flexibility index (Phi) is 3.49. The molecule has 1 aliphatic rings. The van der Waals surface area contributed by atoms with Crippen molar-refractivity contribution >= 4 is 5.97 Å². The van der Waals surface area contributed by atoms with Gasteiger partial charge < -0.3 is 15.5 Å². The molecule has 0 aromatic heterocycles. The number of aliphatic hydroxyl groups is 1. The quantitative estimate of drug-likeness (QED) is 0.542. The maximum Gasteiger partial charge on any atom is 0.303 e. The number of aliphatic carboxylic acids is 1. The summed E-state index contributed by atoms with van der Waals surface area (Å²) in [6, 6.07) is 0. The molecular weight excluding hydrogens is 158 g/mol. The highest BCUT2D eigenvalue weighted by atomic mass is 16.4. The zero-order chi connectivity index (χ0) is 8.97. The third-order valence-electron chi connectivity index (χ3n) is 2.16. The lowest BCUT2D eigenvalue weighted by atomic mass is 9.98. The van der Waals surface area contributed by atoms with Crippen LogP contribution in [0.3, 0.4) is 0 Å². The van der Waals surface area contributed by atoms with Gasteiger partial charge in [0.05, 0.1) is 6.10 Å². The Hall–Kier alpha value is -0.610. The van der Waals surface area contributed by atoms with Gasteiger partial charge in [-0.1, -0.05) is 0 Å². The Bertz CT molecular complexity index is 160. The molecule has 0 spiro atoms. The summed E-state index contributed by atoms with van der Waals surface area (Å²) in [4.78, 5) is 10.4. The van der Waals surface area contributed by atoms with E-state index < -0.39 is 5.97 Å². The molecule has 4 heteroatoms. The zero-order valence-electron chi connectivity index (χ0n) is 6.99. The van der Waals surface area contributed by atoms with Gasteiger partial charge in [-0.2, -0.15) is 0 Å². The van der Waals surface area contributed by atoms with E-state index in [-0.39, 0.29) is 18.4 Å². The molecule has 2 atom stereocenters. The third-order valence-corrected chi connectivity index (χ3v) is 2.16. The molecule has 1 saturated heterocycles. The lowest BCUT2D eigenvalue weighted by molar-refractivity contribution is -0.138. The molecule has 1 rings (SSSR count). The predicted octanol–water partition coefficient (Wildman–Crippen LogP) is -0.178. The SMILES string of the molecule is O=C(O)CC1CNCCC(O)C1. The Morgan fingerprint density at radius 1 is 1.58 bits per heavy atom. The Morgan fingerprint density at radius 2 is 2.33 bits per heavy atom. The number of carboxylic acids is 1. The van der Waals surface area contributed by atoms with Crippen molar-refractivity contribution in [3.05, 3.63) is 0 Å². The molecule has 1 heterocycles. The van der Waals surface area contributed by atoms with Gasteiger partial charge in [-0.25, -0.2) is 0 Å². The summed E-state index contributed by atoms with van der Waals surface area (Å²) < 4.78 is 0. The van der Waals surface area contributed by atoms with E-state index in [4.69, 9.17) is 5.11 Å². The van der Waals surface area contributed by atoms with E-state index in [1.807, 2.05) is 0 Å². The summed E-state index contributed by atoms with van der Waals surface area (Å²) in [5, 5.41) is 21.0. The molecule has 1 fully saturated rings. The molecule has 0 bridgehead atoms. The van der Waals surface area contributed by atoms with E-state index in [1.54, 1.807) is 0 Å². The van der Waals surface area contributed by atoms with Gasteiger partial charge in [-0.3, -0.25) is 4.79 Å². The number of aliphatic hydroxyl groups excluding tert-OH is 1. The first-order valence-corrected chi connectivity index (χ1v) is 4.29. The van der Waals surface area contributed by atoms with E-state index in [2.05, 4.69) is 5.32 Å². The average molecular weight is 173 g/mol. The maximum absolute atomic E-state index is 10.4. The molecule has 12 heavy (non-hydrogen) atoms. The van der Waals surface area contributed by atoms with Gasteiger partial charge in [0.25, 0.3) is 0 Å². The van der Waals surface area contributed by atoms with Crippen LogP contribution in [0.4, 0.5) is 0 Å². The van der Waals surface area contributed by atoms with Crippen molar-refractivity contribution < 1.29 is 15.0 Å². The van der Waals surface area contributed by atoms with Crippen molar-refractivity contribution in [1.29, 1.82) is 0 Å². The van der Waals surface area contributed by atoms with Crippen LogP contribution in [0.2, 0.25) is 0 Å². The van der Waals surface area contributed by atoms with E-state index in [9.17, 15) is 9.90 Å². The van der Waals surface area contributed by atoms with Crippen LogP contribution in [0.25, 0.3) is 0 Å². The summed E-state index contributed by atoms with van der Waals surface area (Å²) in [5.41, 5.74) is 0. The van der Waals surface area contributed by atoms with E-state index in [1.165, 1.54) is 0 Å². The first kappa shape index (κ1) is 9.48. The molecule has 2 unspecified atom stereocenters. The van der Waals surface area contributed by atoms with Crippen LogP contribution >= 0.6 is 0 Å². The van der Waals surface area contributed by atoms with Crippen molar-refractivity contribution in [2.45, 2.75) is 25.4 Å². The molecule has 70 valence electrons. The van der Waals surface area contributed by atoms with Gasteiger partial charge in [0.2, 0.25) is 0 Å². The standard InChI is InChI=1S/C8H15NO3/c10-7-1-2-9-5-6(3-7)4-8(11)12/h6-7,9-10H,1-5H2,(H,11,12). The number of carboxylic acid groups (broad SMARTS) is 1. The van der Waals surface area contributed by atoms with E-state index in [0.717, 1.165) is 13.0 Å². The number of carbonyl (C=O) groups is 1. The fourth-order valence-electron chi connectivity index (χ4n) is 1.56. The molecule has 0 saturated carbocycles. The van der Waals surface area contributed by atoms with Crippen molar-refractivity contribution in [3.8, 4) is 0 Å². The molecule has 4 nitrogen and oxygen atoms in total. The average Bonchev–Trinajstić information content (AvgIpc) is 2.12. The second kappa shape index (κ2) is 4.42. The van der Waals surface area contributed by atoms with Crippen molar-refractivity contribution in [2.24, 2.45) is 5.92 Å². The summed E-state index contributed by atoms with van der Waals surface area (Å²) in [6.45, 7) is 1.50. The minimum Gasteiger partial charge on any atom is -0.481 e. The number of nitrogens with one attached hydrogen (secondary N) is 1. The van der Waals surface area contributed by atoms with Crippen LogP contribution in [-0.2, 0) is 4.79 Å². The van der Waals surface area contributed by atoms with Crippen molar-refractivity contribution in [2.75, 3.05) is 13.1 Å². The van der Waals surface area contributed by atoms with Crippen LogP contribution in [0, 0.1) is 5.92 Å². The molecule has 0 aromatic carbocycles. The number of hydrogen-bond donors (Lipinski definition) is 3. The van der Waals surface area contributed by atoms with Crippen molar-refractivity contribution in [1.82, 2.24) is 5.32 Å². The van der Waals surface area contributed by atoms with Crippen LogP contribution in [0.5, 0.6) is 0 Å². The van der Waals surface area contributed by atoms with Gasteiger partial charge in [0.15, 0.2) is 0 Å². The minimum atomic E-state index is -0.782. The van der Waals surface area contributed by atoms with Gasteiger partial charge in [0, 0.05) is 6.42 Å². The summed E-state index contributed by atoms with van der Waals surface area (Å²) >= 11 is 0. The smallest absolute Gasteiger partial charge is 0.303 e. The van der Waals surface area contributed by atoms with Crippen LogP contribution in [-0.4, -0.2) is 35.4 Å². The van der Waals surface area contributed by atoms with Gasteiger partial charge >= 0.3 is 5.97 Å². The van der Waals surface area contributed by atoms with Gasteiger partial charge in [0.1, 0.15) is 0 Å². The Labute approximate surface area is 71.6 Å². The fraction of sp³-hybridized carbons (Fsp3) is 0.875. The normalized spacial score (nSPS) is 31.1. The summed E-state index contributed by atoms with van der Waals surface area (Å²) in [7, 11) is 0. The first-order chi connectivity index (χ1) is 5.68. The molecule has 0 aliphatic carbocycles. The Morgan fingerprint density at radius 3 is 3.00 bits per heavy atom. The highest BCUT2D eigenvalue weighted by molar-refractivity contribution is 5.67. The largest absolute Gasteiger partial charge is 0.481 e. The van der Waals surface area contributed by atoms with Crippen LogP contribution in [0.15, 0.2) is 0 Å². The topological polar surface area (TPSA) is 69.6 Å². The summed E-state index contributed by atoms with van der Waals surface area (Å²) in [6.07, 6.45) is 1.17. The highest BCUT2D eigenvalue weighted by Gasteiger charge is 2.19. The monoisotopic (exact) mass is 173 g/mol. The second-order valence-corrected chi connectivity index (χ2v) is 3.35. The maximum atomic E-state index is 10.4. The van der Waals surface area contributed by atoms with E-state index in [0.29, 0.717) is 13.0 Å². The molecule has 0 radical (unpaired) electrons. The minimum absolute atomic E-state index is 0.0833. The summed E-state index contributed by atoms with van der Waals surface area (Å²) in [5.74, 6) is -0.698. The molecule has 1 aliphatic heterocycles. The number of hydrogen-bond acceptors (Lipinski definition) is 3. The molecular formula is C8H15NO3. The van der Waals surface area contributed by atoms with Crippen molar-refractivity contribution in [3.63, 3.8) is 0 Å². The molecule has 0 aromatic rings. The van der Waals surface area contributed by atoms with E-state index >= 15 is 0 Å². The highest BCUT2D eigenvalue weighted by Crippen LogP contribution is 2.15. The van der Waals surface area contributed by atoms with Crippen LogP contribution in [0.1, 0.15) is 19.3 Å². The molecule has 0 amide bonds. The van der Waals surface area contributed by atoms with Crippen LogP contribution < -0.4 is 5.32 Å². The second-order valence-electron chi connectivity index (χ2n) is 3.35. The third kappa shape index (κ3) is 3.19. The van der Waals surface area contributed by atoms with Gasteiger partial charge in [-0.05, 0) is 31.8 Å². The first-order valence-electron chi connectivity index (χ1n) is 4.29. The lowest BCUT2D eigenvalue weighted by Crippen LogP contribution is -2.22. The Balaban J connectivity index is 2.35. The zero-order valence-corrected chi connectivity index (χ0v) is 6.99. The number of rotatable bonds is 2. The van der Waals surface area contributed by atoms with Gasteiger partial charge in [-0.15, -0.1) is 0 Å². The molecule has 3 N–H and O–H groups in total. The lowest BCUT2D eigenvalue weighted by Gasteiger charge is -2.12. The predicted molar refractivity (Wildman–Crippen MR) is 43.9 cm³/mol.